The number of nitrogens with one attached hydrogen (secondary N) is 2. The van der Waals surface area contributed by atoms with Gasteiger partial charge in [-0.25, -0.2) is 0 Å². The molecule has 0 saturated heterocycles. The molecule has 3 amide bonds. The molecule has 0 fully saturated rings. The van der Waals surface area contributed by atoms with Crippen LogP contribution in [0.1, 0.15) is 26.5 Å². The number of nitrogens with two attached hydrogens (primary N) is 1. The van der Waals surface area contributed by atoms with Crippen LogP contribution in [-0.4, -0.2) is 31.4 Å². The molecule has 0 radical (unpaired) electrons. The smallest absolute Gasteiger partial charge is 0.291 e. The van der Waals surface area contributed by atoms with Crippen molar-refractivity contribution in [2.75, 3.05) is 24.4 Å². The number of hydrogen-bond donors (Lipinski definition) is 3. The molecule has 0 aliphatic carbocycles. The van der Waals surface area contributed by atoms with Crippen molar-refractivity contribution in [3.05, 3.63) is 71.7 Å². The topological polar surface area (TPSA) is 133 Å². The third kappa shape index (κ3) is 5.41. The Balaban J connectivity index is 1.76. The Labute approximate surface area is 178 Å². The summed E-state index contributed by atoms with van der Waals surface area (Å²) in [5.41, 5.74) is 7.12. The molecule has 31 heavy (non-hydrogen) atoms. The maximum Gasteiger partial charge on any atom is 0.291 e. The van der Waals surface area contributed by atoms with E-state index < -0.39 is 17.7 Å². The maximum absolute atomic E-state index is 12.7. The van der Waals surface area contributed by atoms with Gasteiger partial charge in [0.1, 0.15) is 0 Å². The van der Waals surface area contributed by atoms with E-state index in [0.29, 0.717) is 22.7 Å². The highest BCUT2D eigenvalue weighted by Gasteiger charge is 2.14. The Bertz CT molecular complexity index is 1110. The number of aryl methyl sites for hydroxylation is 1. The monoisotopic (exact) mass is 423 g/mol. The average molecular weight is 423 g/mol. The zero-order chi connectivity index (χ0) is 22.4. The first-order chi connectivity index (χ1) is 14.9. The number of anilines is 2. The number of methoxy groups -OCH3 is 1. The molecule has 9 heteroatoms. The van der Waals surface area contributed by atoms with E-state index in [2.05, 4.69) is 10.6 Å². The standard InChI is InChI=1S/C22H21N3O6/c1-13-5-6-14(10-16(13)25-22(28)18-4-3-9-30-18)21(27)24-15-7-8-17(29-2)19(11-15)31-12-20(23)26/h3-11H,12H2,1-2H3,(H2,23,26)(H,24,27)(H,25,28). The van der Waals surface area contributed by atoms with Crippen LogP contribution < -0.4 is 25.8 Å². The van der Waals surface area contributed by atoms with Gasteiger partial charge in [0.25, 0.3) is 17.7 Å². The summed E-state index contributed by atoms with van der Waals surface area (Å²) in [4.78, 5) is 36.0. The Morgan fingerprint density at radius 1 is 1.00 bits per heavy atom. The number of furan rings is 1. The number of primary amides is 1. The molecule has 0 bridgehead atoms. The largest absolute Gasteiger partial charge is 0.493 e. The maximum atomic E-state index is 12.7. The zero-order valence-electron chi connectivity index (χ0n) is 16.9. The fourth-order valence-corrected chi connectivity index (χ4v) is 2.71. The van der Waals surface area contributed by atoms with E-state index in [1.165, 1.54) is 19.4 Å². The molecule has 2 aromatic carbocycles. The van der Waals surface area contributed by atoms with Gasteiger partial charge in [-0.15, -0.1) is 0 Å². The molecule has 4 N–H and O–H groups in total. The van der Waals surface area contributed by atoms with Gasteiger partial charge in [-0.3, -0.25) is 14.4 Å². The molecule has 1 heterocycles. The number of carbonyl (C=O) groups is 3. The van der Waals surface area contributed by atoms with Crippen LogP contribution >= 0.6 is 0 Å². The molecule has 0 spiro atoms. The van der Waals surface area contributed by atoms with Crippen molar-refractivity contribution in [3.63, 3.8) is 0 Å². The van der Waals surface area contributed by atoms with Crippen LogP contribution in [0.3, 0.4) is 0 Å². The molecular weight excluding hydrogens is 402 g/mol. The summed E-state index contributed by atoms with van der Waals surface area (Å²) < 4.78 is 15.6. The van der Waals surface area contributed by atoms with Gasteiger partial charge in [-0.2, -0.15) is 0 Å². The molecule has 0 unspecified atom stereocenters. The summed E-state index contributed by atoms with van der Waals surface area (Å²) in [7, 11) is 1.45. The van der Waals surface area contributed by atoms with Crippen LogP contribution in [0.2, 0.25) is 0 Å². The Morgan fingerprint density at radius 3 is 2.48 bits per heavy atom. The minimum Gasteiger partial charge on any atom is -0.493 e. The van der Waals surface area contributed by atoms with Crippen molar-refractivity contribution in [2.24, 2.45) is 5.73 Å². The number of hydrogen-bond acceptors (Lipinski definition) is 6. The summed E-state index contributed by atoms with van der Waals surface area (Å²) in [6, 6.07) is 12.8. The van der Waals surface area contributed by atoms with Gasteiger partial charge in [0, 0.05) is 23.0 Å². The lowest BCUT2D eigenvalue weighted by molar-refractivity contribution is -0.119. The minimum atomic E-state index is -0.639. The molecule has 0 aliphatic rings. The lowest BCUT2D eigenvalue weighted by atomic mass is 10.1. The fraction of sp³-hybridized carbons (Fsp3) is 0.136. The van der Waals surface area contributed by atoms with Crippen LogP contribution in [0.25, 0.3) is 0 Å². The van der Waals surface area contributed by atoms with Crippen LogP contribution in [0.15, 0.2) is 59.2 Å². The molecule has 9 nitrogen and oxygen atoms in total. The van der Waals surface area contributed by atoms with Gasteiger partial charge in [-0.05, 0) is 48.9 Å². The van der Waals surface area contributed by atoms with Crippen LogP contribution in [-0.2, 0) is 4.79 Å². The summed E-state index contributed by atoms with van der Waals surface area (Å²) in [6.07, 6.45) is 1.40. The predicted molar refractivity (Wildman–Crippen MR) is 113 cm³/mol. The molecular formula is C22H21N3O6. The molecule has 0 atom stereocenters. The number of benzene rings is 2. The SMILES string of the molecule is COc1ccc(NC(=O)c2ccc(C)c(NC(=O)c3ccco3)c2)cc1OCC(N)=O. The number of carbonyl (C=O) groups excluding carboxylic acids is 3. The first kappa shape index (κ1) is 21.4. The van der Waals surface area contributed by atoms with Crippen molar-refractivity contribution in [1.29, 1.82) is 0 Å². The second-order valence-electron chi connectivity index (χ2n) is 6.54. The van der Waals surface area contributed by atoms with Crippen LogP contribution in [0.4, 0.5) is 11.4 Å². The molecule has 3 rings (SSSR count). The normalized spacial score (nSPS) is 10.3. The first-order valence-electron chi connectivity index (χ1n) is 9.23. The second-order valence-corrected chi connectivity index (χ2v) is 6.54. The first-order valence-corrected chi connectivity index (χ1v) is 9.23. The van der Waals surface area contributed by atoms with E-state index >= 15 is 0 Å². The average Bonchev–Trinajstić information content (AvgIpc) is 3.29. The summed E-state index contributed by atoms with van der Waals surface area (Å²) in [5.74, 6) is -0.653. The lowest BCUT2D eigenvalue weighted by Gasteiger charge is -2.13. The van der Waals surface area contributed by atoms with Crippen LogP contribution in [0, 0.1) is 6.92 Å². The Kier molecular flexibility index (Phi) is 6.56. The van der Waals surface area contributed by atoms with Crippen molar-refractivity contribution >= 4 is 29.1 Å². The number of rotatable bonds is 8. The summed E-state index contributed by atoms with van der Waals surface area (Å²) in [6.45, 7) is 1.48. The van der Waals surface area contributed by atoms with Gasteiger partial charge in [-0.1, -0.05) is 6.07 Å². The van der Waals surface area contributed by atoms with Crippen LogP contribution in [0.5, 0.6) is 11.5 Å². The van der Waals surface area contributed by atoms with E-state index in [9.17, 15) is 14.4 Å². The molecule has 3 aromatic rings. The molecule has 160 valence electrons. The predicted octanol–water partition coefficient (Wildman–Crippen LogP) is 2.97. The van der Waals surface area contributed by atoms with Gasteiger partial charge in [0.2, 0.25) is 0 Å². The fourth-order valence-electron chi connectivity index (χ4n) is 2.71. The highest BCUT2D eigenvalue weighted by atomic mass is 16.5. The van der Waals surface area contributed by atoms with E-state index in [1.54, 1.807) is 42.5 Å². The van der Waals surface area contributed by atoms with Crippen molar-refractivity contribution in [3.8, 4) is 11.5 Å². The summed E-state index contributed by atoms with van der Waals surface area (Å²) >= 11 is 0. The highest BCUT2D eigenvalue weighted by molar-refractivity contribution is 6.07. The van der Waals surface area contributed by atoms with Gasteiger partial charge in [0.15, 0.2) is 23.9 Å². The number of amides is 3. The minimum absolute atomic E-state index is 0.163. The van der Waals surface area contributed by atoms with Crippen molar-refractivity contribution in [1.82, 2.24) is 0 Å². The number of ether oxygens (including phenoxy) is 2. The third-order valence-electron chi connectivity index (χ3n) is 4.28. The van der Waals surface area contributed by atoms with Gasteiger partial charge in [0.05, 0.1) is 13.4 Å². The quantitative estimate of drug-likeness (QED) is 0.510. The summed E-state index contributed by atoms with van der Waals surface area (Å²) in [5, 5.41) is 5.47. The molecule has 0 aliphatic heterocycles. The molecule has 1 aromatic heterocycles. The van der Waals surface area contributed by atoms with Crippen molar-refractivity contribution in [2.45, 2.75) is 6.92 Å². The Hall–Kier alpha value is -4.27. The van der Waals surface area contributed by atoms with Crippen molar-refractivity contribution < 1.29 is 28.3 Å². The van der Waals surface area contributed by atoms with E-state index in [0.717, 1.165) is 5.56 Å². The van der Waals surface area contributed by atoms with Gasteiger partial charge >= 0.3 is 0 Å². The zero-order valence-corrected chi connectivity index (χ0v) is 16.9. The van der Waals surface area contributed by atoms with E-state index in [1.807, 2.05) is 6.92 Å². The van der Waals surface area contributed by atoms with Gasteiger partial charge < -0.3 is 30.3 Å². The highest BCUT2D eigenvalue weighted by Crippen LogP contribution is 2.30. The van der Waals surface area contributed by atoms with E-state index in [-0.39, 0.29) is 18.1 Å². The Morgan fingerprint density at radius 2 is 1.81 bits per heavy atom. The molecule has 0 saturated carbocycles. The third-order valence-corrected chi connectivity index (χ3v) is 4.28. The van der Waals surface area contributed by atoms with E-state index in [4.69, 9.17) is 19.6 Å². The lowest BCUT2D eigenvalue weighted by Crippen LogP contribution is -2.20. The second kappa shape index (κ2) is 9.49.